The minimum atomic E-state index is -1.90. The lowest BCUT2D eigenvalue weighted by Crippen LogP contribution is -2.62. The van der Waals surface area contributed by atoms with Crippen LogP contribution in [0.15, 0.2) is 12.7 Å². The Hall–Kier alpha value is -1.41. The molecule has 7 nitrogen and oxygen atoms in total. The number of amides is 1. The smallest absolute Gasteiger partial charge is 0.410 e. The minimum absolute atomic E-state index is 0.0692. The largest absolute Gasteiger partial charge is 0.444 e. The van der Waals surface area contributed by atoms with Crippen LogP contribution < -0.4 is 0 Å². The van der Waals surface area contributed by atoms with Crippen LogP contribution in [0.1, 0.15) is 47.6 Å². The van der Waals surface area contributed by atoms with Gasteiger partial charge in [-0.25, -0.2) is 14.5 Å². The van der Waals surface area contributed by atoms with E-state index in [2.05, 4.69) is 43.9 Å². The van der Waals surface area contributed by atoms with E-state index in [1.54, 1.807) is 15.9 Å². The molecule has 0 N–H and O–H groups in total. The van der Waals surface area contributed by atoms with Gasteiger partial charge in [-0.05, 0) is 38.9 Å². The van der Waals surface area contributed by atoms with Crippen LogP contribution in [0.4, 0.5) is 4.79 Å². The summed E-state index contributed by atoms with van der Waals surface area (Å²) in [5, 5.41) is 4.35. The maximum Gasteiger partial charge on any atom is 0.410 e. The van der Waals surface area contributed by atoms with E-state index in [-0.39, 0.29) is 23.2 Å². The van der Waals surface area contributed by atoms with E-state index >= 15 is 0 Å². The summed E-state index contributed by atoms with van der Waals surface area (Å²) < 4.78 is 13.7. The van der Waals surface area contributed by atoms with E-state index in [9.17, 15) is 4.79 Å². The lowest BCUT2D eigenvalue weighted by Gasteiger charge is -2.49. The monoisotopic (exact) mass is 368 g/mol. The molecule has 0 radical (unpaired) electrons. The van der Waals surface area contributed by atoms with Crippen LogP contribution in [0.25, 0.3) is 0 Å². The molecule has 0 unspecified atom stereocenters. The Labute approximate surface area is 151 Å². The number of rotatable bonds is 4. The third kappa shape index (κ3) is 4.61. The van der Waals surface area contributed by atoms with Crippen molar-refractivity contribution in [2.24, 2.45) is 0 Å². The lowest BCUT2D eigenvalue weighted by molar-refractivity contribution is -0.0422. The van der Waals surface area contributed by atoms with Gasteiger partial charge in [-0.2, -0.15) is 5.10 Å². The fraction of sp³-hybridized carbons (Fsp3) is 0.824. The second kappa shape index (κ2) is 6.72. The zero-order valence-corrected chi connectivity index (χ0v) is 17.7. The highest BCUT2D eigenvalue weighted by Crippen LogP contribution is 2.38. The molecular formula is C17H32N4O3Si. The molecule has 25 heavy (non-hydrogen) atoms. The fourth-order valence-electron chi connectivity index (χ4n) is 2.42. The molecule has 1 saturated heterocycles. The Morgan fingerprint density at radius 3 is 2.36 bits per heavy atom. The highest BCUT2D eigenvalue weighted by Gasteiger charge is 2.47. The Morgan fingerprint density at radius 2 is 1.88 bits per heavy atom. The van der Waals surface area contributed by atoms with Crippen LogP contribution in [-0.2, 0) is 9.16 Å². The Balaban J connectivity index is 2.10. The fourth-order valence-corrected chi connectivity index (χ4v) is 3.44. The van der Waals surface area contributed by atoms with Gasteiger partial charge in [0.05, 0.1) is 18.7 Å². The molecule has 1 aromatic rings. The first-order chi connectivity index (χ1) is 11.3. The predicted octanol–water partition coefficient (Wildman–Crippen LogP) is 3.46. The minimum Gasteiger partial charge on any atom is -0.444 e. The maximum absolute atomic E-state index is 12.5. The molecule has 0 aromatic carbocycles. The zero-order valence-electron chi connectivity index (χ0n) is 16.7. The number of nitrogens with zero attached hydrogens (tertiary/aromatic N) is 4. The van der Waals surface area contributed by atoms with Crippen LogP contribution in [0.5, 0.6) is 0 Å². The normalized spacial score (nSPS) is 21.8. The Morgan fingerprint density at radius 1 is 1.24 bits per heavy atom. The van der Waals surface area contributed by atoms with Gasteiger partial charge in [0.1, 0.15) is 18.3 Å². The van der Waals surface area contributed by atoms with Crippen LogP contribution in [0.2, 0.25) is 18.1 Å². The average Bonchev–Trinajstić information content (AvgIpc) is 2.87. The summed E-state index contributed by atoms with van der Waals surface area (Å²) in [5.74, 6) is 0. The molecule has 142 valence electrons. The average molecular weight is 369 g/mol. The molecule has 1 aliphatic heterocycles. The zero-order chi connectivity index (χ0) is 19.0. The number of carbonyl (C=O) groups excluding carboxylic acids is 1. The second-order valence-corrected chi connectivity index (χ2v) is 14.0. The van der Waals surface area contributed by atoms with Gasteiger partial charge < -0.3 is 9.16 Å². The van der Waals surface area contributed by atoms with E-state index in [0.29, 0.717) is 13.2 Å². The van der Waals surface area contributed by atoms with Crippen molar-refractivity contribution in [3.8, 4) is 0 Å². The summed E-state index contributed by atoms with van der Waals surface area (Å²) in [7, 11) is -1.90. The molecule has 2 atom stereocenters. The number of likely N-dealkylation sites (tertiary alicyclic amines) is 1. The van der Waals surface area contributed by atoms with E-state index in [0.717, 1.165) is 0 Å². The van der Waals surface area contributed by atoms with Crippen molar-refractivity contribution in [2.45, 2.75) is 77.4 Å². The summed E-state index contributed by atoms with van der Waals surface area (Å²) in [4.78, 5) is 18.3. The van der Waals surface area contributed by atoms with Crippen LogP contribution >= 0.6 is 0 Å². The summed E-state index contributed by atoms with van der Waals surface area (Å²) >= 11 is 0. The number of aromatic nitrogens is 3. The molecule has 1 fully saturated rings. The number of carbonyl (C=O) groups is 1. The molecule has 1 aliphatic rings. The molecule has 2 heterocycles. The SMILES string of the molecule is CC(C)(C)OC(=O)N1C[C@@H](n2cncn2)[C@H]1CO[Si](C)(C)C(C)(C)C. The van der Waals surface area contributed by atoms with E-state index in [4.69, 9.17) is 9.16 Å². The standard InChI is InChI=1S/C17H32N4O3Si/c1-16(2,3)24-15(22)20-9-13(21-12-18-11-19-21)14(20)10-23-25(7,8)17(4,5)6/h11-14H,9-10H2,1-8H3/t13-,14-/m1/s1. The van der Waals surface area contributed by atoms with Crippen LogP contribution in [-0.4, -0.2) is 58.9 Å². The van der Waals surface area contributed by atoms with E-state index in [1.807, 2.05) is 20.8 Å². The number of ether oxygens (including phenoxy) is 1. The van der Waals surface area contributed by atoms with Gasteiger partial charge in [0, 0.05) is 6.54 Å². The van der Waals surface area contributed by atoms with Gasteiger partial charge in [-0.1, -0.05) is 20.8 Å². The van der Waals surface area contributed by atoms with Gasteiger partial charge in [0.25, 0.3) is 0 Å². The third-order valence-corrected chi connectivity index (χ3v) is 9.55. The van der Waals surface area contributed by atoms with Gasteiger partial charge >= 0.3 is 6.09 Å². The van der Waals surface area contributed by atoms with Crippen molar-refractivity contribution in [2.75, 3.05) is 13.2 Å². The van der Waals surface area contributed by atoms with Crippen molar-refractivity contribution >= 4 is 14.4 Å². The summed E-state index contributed by atoms with van der Waals surface area (Å²) in [6, 6.07) is -0.0227. The van der Waals surface area contributed by atoms with Gasteiger partial charge in [0.2, 0.25) is 0 Å². The Bertz CT molecular complexity index is 590. The predicted molar refractivity (Wildman–Crippen MR) is 98.9 cm³/mol. The van der Waals surface area contributed by atoms with Crippen LogP contribution in [0, 0.1) is 0 Å². The van der Waals surface area contributed by atoms with Crippen molar-refractivity contribution in [3.05, 3.63) is 12.7 Å². The first-order valence-electron chi connectivity index (χ1n) is 8.79. The van der Waals surface area contributed by atoms with Gasteiger partial charge in [-0.3, -0.25) is 4.90 Å². The highest BCUT2D eigenvalue weighted by molar-refractivity contribution is 6.74. The van der Waals surface area contributed by atoms with Crippen LogP contribution in [0.3, 0.4) is 0 Å². The molecule has 0 spiro atoms. The van der Waals surface area contributed by atoms with E-state index < -0.39 is 13.9 Å². The Kier molecular flexibility index (Phi) is 5.35. The first-order valence-corrected chi connectivity index (χ1v) is 11.7. The first kappa shape index (κ1) is 19.9. The summed E-state index contributed by atoms with van der Waals surface area (Å²) in [6.07, 6.45) is 2.91. The topological polar surface area (TPSA) is 69.5 Å². The number of hydrogen-bond donors (Lipinski definition) is 0. The second-order valence-electron chi connectivity index (χ2n) is 9.21. The quantitative estimate of drug-likeness (QED) is 0.761. The molecule has 0 saturated carbocycles. The van der Waals surface area contributed by atoms with Crippen molar-refractivity contribution in [3.63, 3.8) is 0 Å². The molecule has 0 aliphatic carbocycles. The molecular weight excluding hydrogens is 336 g/mol. The third-order valence-electron chi connectivity index (χ3n) is 5.05. The maximum atomic E-state index is 12.5. The van der Waals surface area contributed by atoms with Crippen molar-refractivity contribution < 1.29 is 14.0 Å². The highest BCUT2D eigenvalue weighted by atomic mass is 28.4. The van der Waals surface area contributed by atoms with Crippen molar-refractivity contribution in [1.82, 2.24) is 19.7 Å². The van der Waals surface area contributed by atoms with Crippen molar-refractivity contribution in [1.29, 1.82) is 0 Å². The van der Waals surface area contributed by atoms with E-state index in [1.165, 1.54) is 6.33 Å². The number of hydrogen-bond acceptors (Lipinski definition) is 5. The van der Waals surface area contributed by atoms with Gasteiger partial charge in [-0.15, -0.1) is 0 Å². The molecule has 0 bridgehead atoms. The molecule has 1 amide bonds. The summed E-state index contributed by atoms with van der Waals surface area (Å²) in [5.41, 5.74) is -0.514. The summed E-state index contributed by atoms with van der Waals surface area (Å²) in [6.45, 7) is 17.7. The molecule has 1 aromatic heterocycles. The molecule has 2 rings (SSSR count). The molecule has 8 heteroatoms. The van der Waals surface area contributed by atoms with Gasteiger partial charge in [0.15, 0.2) is 8.32 Å². The lowest BCUT2D eigenvalue weighted by atomic mass is 9.98.